The summed E-state index contributed by atoms with van der Waals surface area (Å²) < 4.78 is 7.39. The van der Waals surface area contributed by atoms with Gasteiger partial charge in [-0.2, -0.15) is 0 Å². The van der Waals surface area contributed by atoms with Gasteiger partial charge in [0.2, 0.25) is 0 Å². The zero-order valence-electron chi connectivity index (χ0n) is 21.2. The maximum absolute atomic E-state index is 11.8. The predicted molar refractivity (Wildman–Crippen MR) is 143 cm³/mol. The minimum Gasteiger partial charge on any atom is -0.361 e. The van der Waals surface area contributed by atoms with Crippen LogP contribution in [0.1, 0.15) is 51.6 Å². The lowest BCUT2D eigenvalue weighted by atomic mass is 9.91. The van der Waals surface area contributed by atoms with E-state index in [0.717, 1.165) is 50.6 Å². The second-order valence-corrected chi connectivity index (χ2v) is 9.15. The molecule has 0 radical (unpaired) electrons. The zero-order valence-corrected chi connectivity index (χ0v) is 21.2. The van der Waals surface area contributed by atoms with E-state index >= 15 is 0 Å². The van der Waals surface area contributed by atoms with Crippen molar-refractivity contribution in [3.8, 4) is 16.9 Å². The van der Waals surface area contributed by atoms with Gasteiger partial charge in [0.1, 0.15) is 17.2 Å². The van der Waals surface area contributed by atoms with Crippen LogP contribution >= 0.6 is 0 Å². The number of hydrogen-bond acceptors (Lipinski definition) is 7. The van der Waals surface area contributed by atoms with Crippen molar-refractivity contribution >= 4 is 16.8 Å². The van der Waals surface area contributed by atoms with E-state index in [9.17, 15) is 4.79 Å². The molecule has 0 bridgehead atoms. The van der Waals surface area contributed by atoms with Crippen LogP contribution in [0.15, 0.2) is 90.1 Å². The van der Waals surface area contributed by atoms with Crippen LogP contribution in [0.3, 0.4) is 0 Å². The third kappa shape index (κ3) is 4.06. The number of pyridine rings is 4. The lowest BCUT2D eigenvalue weighted by molar-refractivity contribution is 0.101. The summed E-state index contributed by atoms with van der Waals surface area (Å²) >= 11 is 0. The minimum absolute atomic E-state index is 0.0327. The number of nitrogens with zero attached hydrogens (tertiary/aromatic N) is 6. The van der Waals surface area contributed by atoms with Crippen molar-refractivity contribution in [2.45, 2.75) is 26.7 Å². The Morgan fingerprint density at radius 2 is 1.63 bits per heavy atom. The maximum Gasteiger partial charge on any atom is 0.161 e. The average Bonchev–Trinajstić information content (AvgIpc) is 3.49. The lowest BCUT2D eigenvalue weighted by Crippen LogP contribution is -2.07. The summed E-state index contributed by atoms with van der Waals surface area (Å²) in [6.45, 7) is 5.35. The molecule has 8 nitrogen and oxygen atoms in total. The van der Waals surface area contributed by atoms with E-state index in [1.807, 2.05) is 73.3 Å². The highest BCUT2D eigenvalue weighted by Gasteiger charge is 2.26. The number of carbonyl (C=O) groups is 1. The first-order chi connectivity index (χ1) is 18.5. The molecular formula is C30H24N6O2. The van der Waals surface area contributed by atoms with Crippen molar-refractivity contribution in [1.82, 2.24) is 29.7 Å². The van der Waals surface area contributed by atoms with E-state index in [4.69, 9.17) is 19.5 Å². The Morgan fingerprint density at radius 1 is 0.895 bits per heavy atom. The molecule has 0 aliphatic rings. The molecule has 0 aromatic carbocycles. The van der Waals surface area contributed by atoms with Gasteiger partial charge in [0.15, 0.2) is 5.78 Å². The van der Waals surface area contributed by atoms with Crippen LogP contribution in [0.5, 0.6) is 0 Å². The Hall–Kier alpha value is -4.98. The first kappa shape index (κ1) is 23.4. The van der Waals surface area contributed by atoms with E-state index in [-0.39, 0.29) is 11.7 Å². The molecule has 186 valence electrons. The number of Topliss-reactive ketones (excluding diaryl/α,β-unsaturated/α-hetero) is 1. The Bertz CT molecular complexity index is 1700. The van der Waals surface area contributed by atoms with Crippen LogP contribution in [-0.2, 0) is 0 Å². The van der Waals surface area contributed by atoms with Crippen LogP contribution in [0.4, 0.5) is 0 Å². The van der Waals surface area contributed by atoms with Crippen molar-refractivity contribution in [3.05, 3.63) is 120 Å². The number of rotatable bonds is 6. The largest absolute Gasteiger partial charge is 0.361 e. The standard InChI is InChI=1S/C30H24N6O2/c1-18-28(20(3)38-35-18)22-14-23-24(29(25-8-4-6-12-31-25)26-9-5-7-13-32-26)17-36(30(23)34-16-22)27-11-10-21(15-33-27)19(2)37/h4-17,29H,1-3H3. The molecule has 6 rings (SSSR count). The second kappa shape index (κ2) is 9.48. The smallest absolute Gasteiger partial charge is 0.161 e. The molecule has 38 heavy (non-hydrogen) atoms. The molecule has 0 saturated carbocycles. The van der Waals surface area contributed by atoms with Crippen molar-refractivity contribution in [1.29, 1.82) is 0 Å². The third-order valence-electron chi connectivity index (χ3n) is 6.68. The van der Waals surface area contributed by atoms with Gasteiger partial charge in [0.25, 0.3) is 0 Å². The topological polar surface area (TPSA) is 99.6 Å². The number of carbonyl (C=O) groups excluding carboxylic acids is 1. The van der Waals surface area contributed by atoms with E-state index < -0.39 is 0 Å². The van der Waals surface area contributed by atoms with Crippen molar-refractivity contribution < 1.29 is 9.32 Å². The highest BCUT2D eigenvalue weighted by Crippen LogP contribution is 2.38. The molecule has 0 spiro atoms. The maximum atomic E-state index is 11.8. The van der Waals surface area contributed by atoms with Crippen LogP contribution < -0.4 is 0 Å². The molecule has 8 heteroatoms. The fraction of sp³-hybridized carbons (Fsp3) is 0.133. The Labute approximate surface area is 219 Å². The molecule has 6 aromatic heterocycles. The molecule has 0 atom stereocenters. The fourth-order valence-corrected chi connectivity index (χ4v) is 4.87. The van der Waals surface area contributed by atoms with Gasteiger partial charge in [0.05, 0.1) is 23.0 Å². The highest BCUT2D eigenvalue weighted by molar-refractivity contribution is 5.94. The quantitative estimate of drug-likeness (QED) is 0.264. The Morgan fingerprint density at radius 3 is 2.18 bits per heavy atom. The Balaban J connectivity index is 1.63. The molecule has 0 aliphatic carbocycles. The van der Waals surface area contributed by atoms with Crippen molar-refractivity contribution in [3.63, 3.8) is 0 Å². The summed E-state index contributed by atoms with van der Waals surface area (Å²) in [5, 5.41) is 5.07. The van der Waals surface area contributed by atoms with Gasteiger partial charge in [-0.05, 0) is 68.8 Å². The van der Waals surface area contributed by atoms with Gasteiger partial charge in [-0.3, -0.25) is 19.3 Å². The van der Waals surface area contributed by atoms with Crippen LogP contribution in [-0.4, -0.2) is 35.4 Å². The number of fused-ring (bicyclic) bond motifs is 1. The molecule has 0 unspecified atom stereocenters. The van der Waals surface area contributed by atoms with Crippen LogP contribution in [0.25, 0.3) is 28.0 Å². The molecular weight excluding hydrogens is 476 g/mol. The monoisotopic (exact) mass is 500 g/mol. The molecule has 0 amide bonds. The Kier molecular flexibility index (Phi) is 5.84. The minimum atomic E-state index is -0.251. The van der Waals surface area contributed by atoms with E-state index in [2.05, 4.69) is 16.2 Å². The number of aryl methyl sites for hydroxylation is 2. The van der Waals surface area contributed by atoms with Gasteiger partial charge in [-0.25, -0.2) is 9.97 Å². The normalized spacial score (nSPS) is 11.4. The zero-order chi connectivity index (χ0) is 26.2. The summed E-state index contributed by atoms with van der Waals surface area (Å²) in [6, 6.07) is 17.5. The average molecular weight is 501 g/mol. The van der Waals surface area contributed by atoms with Crippen molar-refractivity contribution in [2.75, 3.05) is 0 Å². The summed E-state index contributed by atoms with van der Waals surface area (Å²) in [7, 11) is 0. The molecule has 6 aromatic rings. The molecule has 0 aliphatic heterocycles. The first-order valence-electron chi connectivity index (χ1n) is 12.2. The van der Waals surface area contributed by atoms with Gasteiger partial charge in [-0.15, -0.1) is 0 Å². The SMILES string of the molecule is CC(=O)c1ccc(-n2cc(C(c3ccccn3)c3ccccn3)c3cc(-c4c(C)noc4C)cnc32)nc1. The highest BCUT2D eigenvalue weighted by atomic mass is 16.5. The summed E-state index contributed by atoms with van der Waals surface area (Å²) in [5.41, 5.74) is 6.64. The summed E-state index contributed by atoms with van der Waals surface area (Å²) in [4.78, 5) is 30.7. The number of ketones is 1. The molecule has 0 N–H and O–H groups in total. The lowest BCUT2D eigenvalue weighted by Gasteiger charge is -2.16. The van der Waals surface area contributed by atoms with Crippen LogP contribution in [0, 0.1) is 13.8 Å². The van der Waals surface area contributed by atoms with Gasteiger partial charge in [-0.1, -0.05) is 17.3 Å². The molecule has 0 saturated heterocycles. The van der Waals surface area contributed by atoms with E-state index in [0.29, 0.717) is 11.4 Å². The first-order valence-corrected chi connectivity index (χ1v) is 12.2. The number of aromatic nitrogens is 6. The third-order valence-corrected chi connectivity index (χ3v) is 6.68. The second-order valence-electron chi connectivity index (χ2n) is 9.15. The van der Waals surface area contributed by atoms with E-state index in [1.54, 1.807) is 24.7 Å². The fourth-order valence-electron chi connectivity index (χ4n) is 4.87. The van der Waals surface area contributed by atoms with E-state index in [1.165, 1.54) is 6.92 Å². The van der Waals surface area contributed by atoms with Gasteiger partial charge in [0, 0.05) is 53.1 Å². The van der Waals surface area contributed by atoms with Gasteiger partial charge < -0.3 is 4.52 Å². The predicted octanol–water partition coefficient (Wildman–Crippen LogP) is 5.87. The van der Waals surface area contributed by atoms with Crippen LogP contribution in [0.2, 0.25) is 0 Å². The van der Waals surface area contributed by atoms with Crippen molar-refractivity contribution in [2.24, 2.45) is 0 Å². The summed E-state index contributed by atoms with van der Waals surface area (Å²) in [6.07, 6.45) is 9.05. The molecule has 6 heterocycles. The summed E-state index contributed by atoms with van der Waals surface area (Å²) in [5.74, 6) is 1.11. The molecule has 0 fully saturated rings. The van der Waals surface area contributed by atoms with Gasteiger partial charge >= 0.3 is 0 Å². The number of hydrogen-bond donors (Lipinski definition) is 0.